The Labute approximate surface area is 343 Å². The average molecular weight is 923 g/mol. The summed E-state index contributed by atoms with van der Waals surface area (Å²) >= 11 is 0. The first kappa shape index (κ1) is 36.0. The molecular weight excluding hydrogens is 884 g/mol. The molecule has 6 aromatic carbocycles. The van der Waals surface area contributed by atoms with E-state index in [-0.39, 0.29) is 26.1 Å². The summed E-state index contributed by atoms with van der Waals surface area (Å²) in [6.07, 6.45) is 4.18. The number of ether oxygens (including phenoxy) is 1. The molecule has 0 saturated heterocycles. The van der Waals surface area contributed by atoms with Gasteiger partial charge in [0.15, 0.2) is 0 Å². The molecule has 2 aliphatic rings. The molecule has 0 atom stereocenters. The van der Waals surface area contributed by atoms with Crippen LogP contribution in [-0.4, -0.2) is 17.6 Å². The average Bonchev–Trinajstić information content (AvgIpc) is 3.82. The third kappa shape index (κ3) is 5.65. The Bertz CT molecular complexity index is 2720. The third-order valence-corrected chi connectivity index (χ3v) is 17.0. The van der Waals surface area contributed by atoms with Gasteiger partial charge in [-0.3, -0.25) is 0 Å². The van der Waals surface area contributed by atoms with Crippen molar-refractivity contribution in [2.75, 3.05) is 9.80 Å². The zero-order valence-electron chi connectivity index (χ0n) is 31.6. The molecule has 278 valence electrons. The fourth-order valence-corrected chi connectivity index (χ4v) is 11.1. The number of para-hydroxylation sites is 2. The van der Waals surface area contributed by atoms with E-state index in [0.717, 1.165) is 39.0 Å². The zero-order valence-corrected chi connectivity index (χ0v) is 34.9. The van der Waals surface area contributed by atoms with Crippen molar-refractivity contribution in [2.45, 2.75) is 32.0 Å². The monoisotopic (exact) mass is 922 g/mol. The predicted molar refractivity (Wildman–Crippen MR) is 229 cm³/mol. The minimum Gasteiger partial charge on any atom is -0.509 e. The Morgan fingerprint density at radius 2 is 1.30 bits per heavy atom. The summed E-state index contributed by atoms with van der Waals surface area (Å²) in [6, 6.07) is 58.3. The fourth-order valence-electron chi connectivity index (χ4n) is 8.35. The topological polar surface area (TPSA) is 33.5 Å². The quantitative estimate of drug-likeness (QED) is 0.123. The van der Waals surface area contributed by atoms with Gasteiger partial charge in [-0.1, -0.05) is 141 Å². The molecule has 0 aliphatic carbocycles. The first-order valence-electron chi connectivity index (χ1n) is 18.8. The van der Waals surface area contributed by atoms with Crippen molar-refractivity contribution in [1.82, 2.24) is 9.55 Å². The van der Waals surface area contributed by atoms with E-state index in [0.29, 0.717) is 11.5 Å². The summed E-state index contributed by atoms with van der Waals surface area (Å²) in [5.74, 6) is 2.12. The second-order valence-electron chi connectivity index (χ2n) is 15.4. The molecule has 5 nitrogen and oxygen atoms in total. The molecule has 0 amide bonds. The van der Waals surface area contributed by atoms with Crippen LogP contribution in [0.15, 0.2) is 164 Å². The molecule has 0 N–H and O–H groups in total. The van der Waals surface area contributed by atoms with Gasteiger partial charge in [0.05, 0.1) is 0 Å². The van der Waals surface area contributed by atoms with Gasteiger partial charge >= 0.3 is 0 Å². The number of hydrogen-bond donors (Lipinski definition) is 0. The maximum absolute atomic E-state index is 6.67. The maximum Gasteiger partial charge on any atom is 0.135 e. The summed E-state index contributed by atoms with van der Waals surface area (Å²) in [7, 11) is -2.09. The Balaban J connectivity index is 0.00000410. The molecule has 0 bridgehead atoms. The molecule has 0 spiro atoms. The van der Waals surface area contributed by atoms with Crippen LogP contribution in [0.4, 0.5) is 11.4 Å². The van der Waals surface area contributed by atoms with E-state index in [1.54, 1.807) is 0 Å². The Hall–Kier alpha value is -5.68. The van der Waals surface area contributed by atoms with E-state index < -0.39 is 8.07 Å². The smallest absolute Gasteiger partial charge is 0.135 e. The van der Waals surface area contributed by atoms with Crippen molar-refractivity contribution in [1.29, 1.82) is 0 Å². The van der Waals surface area contributed by atoms with Gasteiger partial charge in [0, 0.05) is 74.9 Å². The first-order chi connectivity index (χ1) is 26.8. The molecule has 0 saturated carbocycles. The van der Waals surface area contributed by atoms with Gasteiger partial charge in [-0.15, -0.1) is 41.5 Å². The molecule has 7 heteroatoms. The van der Waals surface area contributed by atoms with Crippen molar-refractivity contribution in [2.24, 2.45) is 0 Å². The maximum atomic E-state index is 6.67. The first-order valence-corrected chi connectivity index (χ1v) is 21.8. The summed E-state index contributed by atoms with van der Waals surface area (Å²) in [6.45, 7) is 12.0. The number of benzene rings is 6. The summed E-state index contributed by atoms with van der Waals surface area (Å²) in [5, 5.41) is 3.53. The number of rotatable bonds is 6. The van der Waals surface area contributed by atoms with Crippen LogP contribution in [0.1, 0.15) is 13.8 Å². The number of aromatic nitrogens is 2. The molecule has 2 aliphatic heterocycles. The van der Waals surface area contributed by atoms with Crippen LogP contribution >= 0.6 is 0 Å². The van der Waals surface area contributed by atoms with Crippen LogP contribution in [-0.2, 0) is 21.1 Å². The van der Waals surface area contributed by atoms with E-state index in [4.69, 9.17) is 9.72 Å². The van der Waals surface area contributed by atoms with Crippen LogP contribution < -0.4 is 19.7 Å². The van der Waals surface area contributed by atoms with E-state index in [1.807, 2.05) is 30.5 Å². The van der Waals surface area contributed by atoms with Crippen molar-refractivity contribution >= 4 is 46.4 Å². The van der Waals surface area contributed by atoms with Gasteiger partial charge in [-0.05, 0) is 46.0 Å². The molecule has 0 fully saturated rings. The molecule has 0 radical (unpaired) electrons. The van der Waals surface area contributed by atoms with Crippen molar-refractivity contribution in [3.8, 4) is 39.6 Å². The number of hydrogen-bond acceptors (Lipinski definition) is 4. The van der Waals surface area contributed by atoms with E-state index >= 15 is 0 Å². The SMILES string of the molecule is CC1(C)C2=CN(c3c(-c4ccccc4)cccc3-c3ccccc3)[CH-]N2c2[c-]c(Oc3[c-]c4c(cc3)c3ccccc3n4-c3ccccn3)ccc2[Si]1(C)C.[Pt]. The number of nitrogens with zero attached hydrogens (tertiary/aromatic N) is 4. The van der Waals surface area contributed by atoms with Crippen LogP contribution in [0.5, 0.6) is 11.5 Å². The number of pyridine rings is 1. The van der Waals surface area contributed by atoms with E-state index in [9.17, 15) is 0 Å². The number of anilines is 2. The predicted octanol–water partition coefficient (Wildman–Crippen LogP) is 11.9. The van der Waals surface area contributed by atoms with Crippen LogP contribution in [0.25, 0.3) is 49.9 Å². The minimum atomic E-state index is -2.09. The summed E-state index contributed by atoms with van der Waals surface area (Å²) < 4.78 is 8.83. The van der Waals surface area contributed by atoms with Crippen LogP contribution in [0, 0.1) is 18.8 Å². The Morgan fingerprint density at radius 1 is 0.661 bits per heavy atom. The van der Waals surface area contributed by atoms with Crippen molar-refractivity contribution < 1.29 is 25.8 Å². The normalized spacial score (nSPS) is 15.2. The largest absolute Gasteiger partial charge is 0.509 e. The van der Waals surface area contributed by atoms with Crippen molar-refractivity contribution in [3.05, 3.63) is 182 Å². The van der Waals surface area contributed by atoms with Crippen LogP contribution in [0.3, 0.4) is 0 Å². The summed E-state index contributed by atoms with van der Waals surface area (Å²) in [4.78, 5) is 9.38. The minimum absolute atomic E-state index is 0. The van der Waals surface area contributed by atoms with Gasteiger partial charge in [0.1, 0.15) is 5.82 Å². The van der Waals surface area contributed by atoms with Gasteiger partial charge < -0.3 is 19.1 Å². The van der Waals surface area contributed by atoms with Crippen LogP contribution in [0.2, 0.25) is 18.1 Å². The molecule has 4 heterocycles. The van der Waals surface area contributed by atoms with Crippen molar-refractivity contribution in [3.63, 3.8) is 0 Å². The second kappa shape index (κ2) is 13.8. The van der Waals surface area contributed by atoms with E-state index in [2.05, 4.69) is 188 Å². The van der Waals surface area contributed by atoms with Gasteiger partial charge in [0.25, 0.3) is 0 Å². The number of fused-ring (bicyclic) bond motifs is 6. The van der Waals surface area contributed by atoms with Gasteiger partial charge in [-0.2, -0.15) is 12.1 Å². The third-order valence-electron chi connectivity index (χ3n) is 11.9. The molecular formula is C49H39N4OPtSi-3. The van der Waals surface area contributed by atoms with Gasteiger partial charge in [0.2, 0.25) is 0 Å². The Morgan fingerprint density at radius 3 is 2.00 bits per heavy atom. The molecule has 0 unspecified atom stereocenters. The standard InChI is InChI=1S/C49H39N4OSi.Pt/c1-49(2)46-32-51(48-38(34-16-7-5-8-17-34)21-15-22-39(48)35-18-9-6-10-19-35)33-52(46)44-31-37(26-28-45(44)55(49,3)4)54-36-25-27-41-40-20-11-12-23-42(40)53(43(41)30-36)47-24-13-14-29-50-47;/h5-29,32-33H,1-4H3;/q-3;. The fraction of sp³-hybridized carbons (Fsp3) is 0.102. The van der Waals surface area contributed by atoms with Gasteiger partial charge in [-0.25, -0.2) is 4.98 Å². The molecule has 10 rings (SSSR count). The Kier molecular flexibility index (Phi) is 8.87. The zero-order chi connectivity index (χ0) is 37.3. The van der Waals surface area contributed by atoms with E-state index in [1.165, 1.54) is 33.1 Å². The molecule has 56 heavy (non-hydrogen) atoms. The second-order valence-corrected chi connectivity index (χ2v) is 20.4. The molecule has 8 aromatic rings. The molecule has 2 aromatic heterocycles. The number of allylic oxidation sites excluding steroid dienone is 1. The summed E-state index contributed by atoms with van der Waals surface area (Å²) in [5.41, 5.74) is 10.2.